The molecule has 0 saturated carbocycles. The average molecular weight is 252 g/mol. The number of benzene rings is 1. The SMILES string of the molecule is CCC(CO)(CO)NC(=O)c1ccc(CN)cc1. The Hall–Kier alpha value is -1.43. The standard InChI is InChI=1S/C13H20N2O3/c1-2-13(8-16,9-17)15-12(18)11-5-3-10(7-14)4-6-11/h3-6,16-17H,2,7-9,14H2,1H3,(H,15,18). The first-order valence-corrected chi connectivity index (χ1v) is 5.94. The summed E-state index contributed by atoms with van der Waals surface area (Å²) in [7, 11) is 0. The molecule has 1 aromatic rings. The van der Waals surface area contributed by atoms with E-state index in [9.17, 15) is 15.0 Å². The van der Waals surface area contributed by atoms with Crippen LogP contribution in [0.4, 0.5) is 0 Å². The van der Waals surface area contributed by atoms with Crippen LogP contribution in [0.1, 0.15) is 29.3 Å². The Morgan fingerprint density at radius 1 is 1.28 bits per heavy atom. The number of nitrogens with two attached hydrogens (primary N) is 1. The summed E-state index contributed by atoms with van der Waals surface area (Å²) >= 11 is 0. The highest BCUT2D eigenvalue weighted by Crippen LogP contribution is 2.11. The Bertz CT molecular complexity index is 377. The topological polar surface area (TPSA) is 95.6 Å². The molecule has 5 nitrogen and oxygen atoms in total. The van der Waals surface area contributed by atoms with Crippen molar-refractivity contribution in [1.82, 2.24) is 5.32 Å². The van der Waals surface area contributed by atoms with Crippen molar-refractivity contribution in [3.05, 3.63) is 35.4 Å². The Kier molecular flexibility index (Phi) is 5.27. The fourth-order valence-corrected chi connectivity index (χ4v) is 1.55. The van der Waals surface area contributed by atoms with Crippen molar-refractivity contribution in [2.75, 3.05) is 13.2 Å². The second-order valence-corrected chi connectivity index (χ2v) is 4.31. The lowest BCUT2D eigenvalue weighted by atomic mass is 9.97. The molecule has 5 N–H and O–H groups in total. The Labute approximate surface area is 107 Å². The molecule has 0 fully saturated rings. The van der Waals surface area contributed by atoms with E-state index in [4.69, 9.17) is 5.73 Å². The van der Waals surface area contributed by atoms with Gasteiger partial charge in [-0.3, -0.25) is 4.79 Å². The van der Waals surface area contributed by atoms with Crippen LogP contribution < -0.4 is 11.1 Å². The first-order valence-electron chi connectivity index (χ1n) is 5.94. The quantitative estimate of drug-likeness (QED) is 0.573. The van der Waals surface area contributed by atoms with Gasteiger partial charge in [0.2, 0.25) is 0 Å². The van der Waals surface area contributed by atoms with Gasteiger partial charge in [-0.15, -0.1) is 0 Å². The molecule has 0 aliphatic heterocycles. The molecule has 0 aliphatic carbocycles. The van der Waals surface area contributed by atoms with Crippen LogP contribution in [-0.2, 0) is 6.54 Å². The van der Waals surface area contributed by atoms with Crippen LogP contribution in [0.25, 0.3) is 0 Å². The van der Waals surface area contributed by atoms with Crippen LogP contribution in [0.15, 0.2) is 24.3 Å². The van der Waals surface area contributed by atoms with Gasteiger partial charge in [0.05, 0.1) is 18.8 Å². The van der Waals surface area contributed by atoms with Crippen molar-refractivity contribution in [2.45, 2.75) is 25.4 Å². The monoisotopic (exact) mass is 252 g/mol. The van der Waals surface area contributed by atoms with E-state index in [-0.39, 0.29) is 19.1 Å². The molecule has 18 heavy (non-hydrogen) atoms. The molecule has 0 bridgehead atoms. The van der Waals surface area contributed by atoms with Crippen molar-refractivity contribution in [2.24, 2.45) is 5.73 Å². The van der Waals surface area contributed by atoms with Gasteiger partial charge in [0, 0.05) is 12.1 Å². The number of rotatable bonds is 6. The summed E-state index contributed by atoms with van der Waals surface area (Å²) in [5.74, 6) is -0.316. The molecule has 100 valence electrons. The minimum absolute atomic E-state index is 0.299. The number of aliphatic hydroxyl groups excluding tert-OH is 2. The molecule has 1 rings (SSSR count). The maximum absolute atomic E-state index is 12.0. The lowest BCUT2D eigenvalue weighted by molar-refractivity contribution is 0.0653. The number of amides is 1. The summed E-state index contributed by atoms with van der Waals surface area (Å²) in [6.07, 6.45) is 0.451. The van der Waals surface area contributed by atoms with Gasteiger partial charge in [0.25, 0.3) is 5.91 Å². The predicted octanol–water partition coefficient (Wildman–Crippen LogP) is 0.00850. The highest BCUT2D eigenvalue weighted by atomic mass is 16.3. The summed E-state index contributed by atoms with van der Waals surface area (Å²) in [6, 6.07) is 6.90. The Morgan fingerprint density at radius 2 is 1.83 bits per heavy atom. The Morgan fingerprint density at radius 3 is 2.22 bits per heavy atom. The summed E-state index contributed by atoms with van der Waals surface area (Å²) in [6.45, 7) is 1.62. The molecule has 0 atom stereocenters. The van der Waals surface area contributed by atoms with Crippen molar-refractivity contribution >= 4 is 5.91 Å². The molecule has 0 radical (unpaired) electrons. The molecule has 0 heterocycles. The van der Waals surface area contributed by atoms with Crippen LogP contribution in [0.2, 0.25) is 0 Å². The van der Waals surface area contributed by atoms with Gasteiger partial charge in [-0.25, -0.2) is 0 Å². The number of hydrogen-bond donors (Lipinski definition) is 4. The summed E-state index contributed by atoms with van der Waals surface area (Å²) in [5, 5.41) is 21.2. The van der Waals surface area contributed by atoms with E-state index in [0.29, 0.717) is 18.5 Å². The number of carbonyl (C=O) groups is 1. The highest BCUT2D eigenvalue weighted by molar-refractivity contribution is 5.94. The van der Waals surface area contributed by atoms with Crippen molar-refractivity contribution < 1.29 is 15.0 Å². The van der Waals surface area contributed by atoms with E-state index in [1.54, 1.807) is 31.2 Å². The molecular formula is C13H20N2O3. The molecule has 0 unspecified atom stereocenters. The van der Waals surface area contributed by atoms with Gasteiger partial charge in [-0.1, -0.05) is 19.1 Å². The zero-order chi connectivity index (χ0) is 13.6. The largest absolute Gasteiger partial charge is 0.394 e. The van der Waals surface area contributed by atoms with E-state index in [1.807, 2.05) is 0 Å². The summed E-state index contributed by atoms with van der Waals surface area (Å²) in [5.41, 5.74) is 5.93. The van der Waals surface area contributed by atoms with E-state index in [1.165, 1.54) is 0 Å². The van der Waals surface area contributed by atoms with Crippen LogP contribution in [0, 0.1) is 0 Å². The van der Waals surface area contributed by atoms with Crippen LogP contribution in [0.3, 0.4) is 0 Å². The molecule has 1 aromatic carbocycles. The van der Waals surface area contributed by atoms with Gasteiger partial charge in [0.15, 0.2) is 0 Å². The lowest BCUT2D eigenvalue weighted by Crippen LogP contribution is -2.53. The smallest absolute Gasteiger partial charge is 0.251 e. The zero-order valence-electron chi connectivity index (χ0n) is 10.5. The molecule has 1 amide bonds. The molecule has 0 spiro atoms. The van der Waals surface area contributed by atoms with Crippen LogP contribution in [-0.4, -0.2) is 34.9 Å². The minimum Gasteiger partial charge on any atom is -0.394 e. The molecule has 0 aromatic heterocycles. The van der Waals surface area contributed by atoms with Crippen molar-refractivity contribution in [3.63, 3.8) is 0 Å². The van der Waals surface area contributed by atoms with E-state index < -0.39 is 5.54 Å². The van der Waals surface area contributed by atoms with E-state index in [2.05, 4.69) is 5.32 Å². The van der Waals surface area contributed by atoms with Gasteiger partial charge < -0.3 is 21.3 Å². The second-order valence-electron chi connectivity index (χ2n) is 4.31. The number of carbonyl (C=O) groups excluding carboxylic acids is 1. The number of hydrogen-bond acceptors (Lipinski definition) is 4. The van der Waals surface area contributed by atoms with Gasteiger partial charge in [-0.05, 0) is 24.1 Å². The molecule has 0 aliphatic rings. The summed E-state index contributed by atoms with van der Waals surface area (Å²) < 4.78 is 0. The van der Waals surface area contributed by atoms with Crippen LogP contribution >= 0.6 is 0 Å². The summed E-state index contributed by atoms with van der Waals surface area (Å²) in [4.78, 5) is 12.0. The highest BCUT2D eigenvalue weighted by Gasteiger charge is 2.28. The fourth-order valence-electron chi connectivity index (χ4n) is 1.55. The maximum atomic E-state index is 12.0. The zero-order valence-corrected chi connectivity index (χ0v) is 10.5. The third kappa shape index (κ3) is 3.29. The second kappa shape index (κ2) is 6.49. The predicted molar refractivity (Wildman–Crippen MR) is 69.0 cm³/mol. The average Bonchev–Trinajstić information content (AvgIpc) is 2.45. The number of aliphatic hydroxyl groups is 2. The van der Waals surface area contributed by atoms with Crippen LogP contribution in [0.5, 0.6) is 0 Å². The van der Waals surface area contributed by atoms with Gasteiger partial charge >= 0.3 is 0 Å². The molecule has 5 heteroatoms. The maximum Gasteiger partial charge on any atom is 0.251 e. The Balaban J connectivity index is 2.80. The van der Waals surface area contributed by atoms with Crippen molar-refractivity contribution in [3.8, 4) is 0 Å². The van der Waals surface area contributed by atoms with E-state index in [0.717, 1.165) is 5.56 Å². The van der Waals surface area contributed by atoms with Gasteiger partial charge in [0.1, 0.15) is 0 Å². The van der Waals surface area contributed by atoms with E-state index >= 15 is 0 Å². The minimum atomic E-state index is -0.969. The molecular weight excluding hydrogens is 232 g/mol. The normalized spacial score (nSPS) is 11.3. The molecule has 0 saturated heterocycles. The lowest BCUT2D eigenvalue weighted by Gasteiger charge is -2.29. The van der Waals surface area contributed by atoms with Gasteiger partial charge in [-0.2, -0.15) is 0 Å². The first kappa shape index (κ1) is 14.6. The number of nitrogens with one attached hydrogen (secondary N) is 1. The third-order valence-electron chi connectivity index (χ3n) is 3.11. The van der Waals surface area contributed by atoms with Crippen molar-refractivity contribution in [1.29, 1.82) is 0 Å². The fraction of sp³-hybridized carbons (Fsp3) is 0.462. The third-order valence-corrected chi connectivity index (χ3v) is 3.11. The first-order chi connectivity index (χ1) is 8.60.